The molecule has 0 fully saturated rings. The number of hydrogen-bond donors (Lipinski definition) is 1. The number of nitrogens with one attached hydrogen (secondary N) is 1. The number of thiophene rings is 1. The summed E-state index contributed by atoms with van der Waals surface area (Å²) in [5.74, 6) is -1.21. The number of rotatable bonds is 6. The van der Waals surface area contributed by atoms with Crippen LogP contribution in [0.1, 0.15) is 33.8 Å². The Hall–Kier alpha value is -2.74. The number of esters is 1. The molecule has 2 aromatic rings. The second kappa shape index (κ2) is 7.69. The zero-order valence-electron chi connectivity index (χ0n) is 13.1. The smallest absolute Gasteiger partial charge is 0.339 e. The molecule has 0 saturated carbocycles. The molecule has 0 bridgehead atoms. The molecule has 24 heavy (non-hydrogen) atoms. The average molecular weight is 348 g/mol. The minimum absolute atomic E-state index is 0.0725. The molecule has 1 aromatic heterocycles. The summed E-state index contributed by atoms with van der Waals surface area (Å²) in [6, 6.07) is 7.73. The maximum atomic E-state index is 12.0. The first-order chi connectivity index (χ1) is 11.4. The highest BCUT2D eigenvalue weighted by atomic mass is 32.1. The molecule has 1 heterocycles. The first kappa shape index (κ1) is 17.6. The number of benzene rings is 1. The first-order valence-corrected chi connectivity index (χ1v) is 8.02. The van der Waals surface area contributed by atoms with Crippen LogP contribution in [-0.2, 0) is 9.53 Å². The van der Waals surface area contributed by atoms with Crippen LogP contribution < -0.4 is 5.32 Å². The molecule has 0 aliphatic rings. The Balaban J connectivity index is 1.95. The van der Waals surface area contributed by atoms with Crippen molar-refractivity contribution in [3.63, 3.8) is 0 Å². The maximum absolute atomic E-state index is 12.0. The third-order valence-corrected chi connectivity index (χ3v) is 4.46. The predicted molar refractivity (Wildman–Crippen MR) is 89.0 cm³/mol. The molecule has 0 unspecified atom stereocenters. The van der Waals surface area contributed by atoms with Gasteiger partial charge in [0.05, 0.1) is 16.5 Å². The predicted octanol–water partition coefficient (Wildman–Crippen LogP) is 3.00. The summed E-state index contributed by atoms with van der Waals surface area (Å²) in [7, 11) is 0. The highest BCUT2D eigenvalue weighted by molar-refractivity contribution is 7.10. The van der Waals surface area contributed by atoms with E-state index in [4.69, 9.17) is 4.74 Å². The van der Waals surface area contributed by atoms with Crippen LogP contribution in [0.4, 0.5) is 5.69 Å². The molecular weight excluding hydrogens is 332 g/mol. The van der Waals surface area contributed by atoms with Gasteiger partial charge in [-0.15, -0.1) is 11.3 Å². The largest absolute Gasteiger partial charge is 0.452 e. The standard InChI is InChI=1S/C16H16N2O5S/c1-10-12(5-3-6-13(10)18(21)22)16(20)23-9-15(19)17-11(2)14-7-4-8-24-14/h3-8,11H,9H2,1-2H3,(H,17,19)/t11-/m1/s1. The van der Waals surface area contributed by atoms with E-state index in [0.717, 1.165) is 4.88 Å². The molecular formula is C16H16N2O5S. The molecule has 0 radical (unpaired) electrons. The van der Waals surface area contributed by atoms with E-state index in [-0.39, 0.29) is 22.9 Å². The number of nitrogens with zero attached hydrogens (tertiary/aromatic N) is 1. The van der Waals surface area contributed by atoms with Gasteiger partial charge in [0.1, 0.15) is 0 Å². The van der Waals surface area contributed by atoms with Crippen LogP contribution in [0.5, 0.6) is 0 Å². The SMILES string of the molecule is Cc1c(C(=O)OCC(=O)N[C@H](C)c2cccs2)cccc1[N+](=O)[O-]. The van der Waals surface area contributed by atoms with Crippen LogP contribution >= 0.6 is 11.3 Å². The number of nitro groups is 1. The minimum atomic E-state index is -0.768. The first-order valence-electron chi connectivity index (χ1n) is 7.14. The Morgan fingerprint density at radius 1 is 1.33 bits per heavy atom. The van der Waals surface area contributed by atoms with E-state index in [0.29, 0.717) is 0 Å². The fourth-order valence-electron chi connectivity index (χ4n) is 2.14. The van der Waals surface area contributed by atoms with Gasteiger partial charge in [0, 0.05) is 16.5 Å². The van der Waals surface area contributed by atoms with Crippen molar-refractivity contribution in [1.82, 2.24) is 5.32 Å². The number of amides is 1. The highest BCUT2D eigenvalue weighted by Crippen LogP contribution is 2.22. The molecule has 0 aliphatic carbocycles. The molecule has 1 amide bonds. The molecule has 7 nitrogen and oxygen atoms in total. The molecule has 1 N–H and O–H groups in total. The van der Waals surface area contributed by atoms with Gasteiger partial charge in [-0.25, -0.2) is 4.79 Å². The topological polar surface area (TPSA) is 98.5 Å². The van der Waals surface area contributed by atoms with Gasteiger partial charge in [-0.1, -0.05) is 12.1 Å². The fourth-order valence-corrected chi connectivity index (χ4v) is 2.88. The van der Waals surface area contributed by atoms with E-state index >= 15 is 0 Å². The van der Waals surface area contributed by atoms with Crippen molar-refractivity contribution in [3.8, 4) is 0 Å². The minimum Gasteiger partial charge on any atom is -0.452 e. The van der Waals surface area contributed by atoms with Crippen LogP contribution in [0, 0.1) is 17.0 Å². The van der Waals surface area contributed by atoms with Crippen LogP contribution in [0.25, 0.3) is 0 Å². The van der Waals surface area contributed by atoms with Crippen LogP contribution in [0.3, 0.4) is 0 Å². The molecule has 0 saturated heterocycles. The summed E-state index contributed by atoms with van der Waals surface area (Å²) in [6.45, 7) is 2.85. The quantitative estimate of drug-likeness (QED) is 0.491. The van der Waals surface area contributed by atoms with Crippen molar-refractivity contribution in [3.05, 3.63) is 61.8 Å². The second-order valence-electron chi connectivity index (χ2n) is 5.09. The van der Waals surface area contributed by atoms with E-state index in [1.54, 1.807) is 0 Å². The van der Waals surface area contributed by atoms with E-state index < -0.39 is 23.4 Å². The number of hydrogen-bond acceptors (Lipinski definition) is 6. The normalized spacial score (nSPS) is 11.6. The van der Waals surface area contributed by atoms with Gasteiger partial charge < -0.3 is 10.1 Å². The molecule has 2 rings (SSSR count). The van der Waals surface area contributed by atoms with Crippen LogP contribution in [0.2, 0.25) is 0 Å². The Morgan fingerprint density at radius 3 is 2.71 bits per heavy atom. The molecule has 1 atom stereocenters. The lowest BCUT2D eigenvalue weighted by Gasteiger charge is -2.12. The number of carbonyl (C=O) groups is 2. The molecule has 0 aliphatic heterocycles. The van der Waals surface area contributed by atoms with Crippen molar-refractivity contribution in [2.24, 2.45) is 0 Å². The maximum Gasteiger partial charge on any atom is 0.339 e. The number of carbonyl (C=O) groups excluding carboxylic acids is 2. The highest BCUT2D eigenvalue weighted by Gasteiger charge is 2.20. The van der Waals surface area contributed by atoms with E-state index in [1.807, 2.05) is 24.4 Å². The van der Waals surface area contributed by atoms with Gasteiger partial charge in [-0.3, -0.25) is 14.9 Å². The molecule has 0 spiro atoms. The number of nitro benzene ring substituents is 1. The van der Waals surface area contributed by atoms with Crippen molar-refractivity contribution in [1.29, 1.82) is 0 Å². The van der Waals surface area contributed by atoms with Gasteiger partial charge in [-0.2, -0.15) is 0 Å². The van der Waals surface area contributed by atoms with Crippen LogP contribution in [-0.4, -0.2) is 23.4 Å². The van der Waals surface area contributed by atoms with Gasteiger partial charge in [0.2, 0.25) is 0 Å². The van der Waals surface area contributed by atoms with Gasteiger partial charge in [0.15, 0.2) is 6.61 Å². The van der Waals surface area contributed by atoms with Crippen molar-refractivity contribution in [2.75, 3.05) is 6.61 Å². The Kier molecular flexibility index (Phi) is 5.64. The third-order valence-electron chi connectivity index (χ3n) is 3.40. The van der Waals surface area contributed by atoms with Crippen LogP contribution in [0.15, 0.2) is 35.7 Å². The summed E-state index contributed by atoms with van der Waals surface area (Å²) < 4.78 is 4.95. The lowest BCUT2D eigenvalue weighted by Crippen LogP contribution is -2.30. The molecule has 126 valence electrons. The Labute approximate surface area is 142 Å². The third kappa shape index (κ3) is 4.17. The van der Waals surface area contributed by atoms with Gasteiger partial charge >= 0.3 is 5.97 Å². The van der Waals surface area contributed by atoms with E-state index in [2.05, 4.69) is 5.32 Å². The Bertz CT molecular complexity index is 758. The lowest BCUT2D eigenvalue weighted by atomic mass is 10.1. The van der Waals surface area contributed by atoms with Crippen molar-refractivity contribution in [2.45, 2.75) is 19.9 Å². The van der Waals surface area contributed by atoms with E-state index in [9.17, 15) is 19.7 Å². The Morgan fingerprint density at radius 2 is 2.08 bits per heavy atom. The molecule has 1 aromatic carbocycles. The summed E-state index contributed by atoms with van der Waals surface area (Å²) >= 11 is 1.51. The summed E-state index contributed by atoms with van der Waals surface area (Å²) in [5.41, 5.74) is 0.114. The number of ether oxygens (including phenoxy) is 1. The van der Waals surface area contributed by atoms with Crippen molar-refractivity contribution >= 4 is 28.9 Å². The van der Waals surface area contributed by atoms with Gasteiger partial charge in [-0.05, 0) is 31.4 Å². The summed E-state index contributed by atoms with van der Waals surface area (Å²) in [5, 5.41) is 15.5. The second-order valence-corrected chi connectivity index (χ2v) is 6.07. The van der Waals surface area contributed by atoms with Crippen molar-refractivity contribution < 1.29 is 19.2 Å². The summed E-state index contributed by atoms with van der Waals surface area (Å²) in [4.78, 5) is 35.2. The zero-order valence-corrected chi connectivity index (χ0v) is 14.0. The monoisotopic (exact) mass is 348 g/mol. The average Bonchev–Trinajstić information content (AvgIpc) is 3.07. The fraction of sp³-hybridized carbons (Fsp3) is 0.250. The zero-order chi connectivity index (χ0) is 17.7. The van der Waals surface area contributed by atoms with E-state index in [1.165, 1.54) is 36.5 Å². The lowest BCUT2D eigenvalue weighted by molar-refractivity contribution is -0.385. The molecule has 8 heteroatoms. The van der Waals surface area contributed by atoms with Gasteiger partial charge in [0.25, 0.3) is 11.6 Å². The summed E-state index contributed by atoms with van der Waals surface area (Å²) in [6.07, 6.45) is 0.